The number of aromatic nitrogens is 4. The van der Waals surface area contributed by atoms with Crippen molar-refractivity contribution in [2.45, 2.75) is 37.8 Å². The minimum atomic E-state index is -0.518. The van der Waals surface area contributed by atoms with Crippen molar-refractivity contribution >= 4 is 63.8 Å². The van der Waals surface area contributed by atoms with E-state index in [0.717, 1.165) is 17.3 Å². The fourth-order valence-electron chi connectivity index (χ4n) is 3.75. The van der Waals surface area contributed by atoms with Crippen LogP contribution in [-0.2, 0) is 21.4 Å². The quantitative estimate of drug-likeness (QED) is 0.131. The molecule has 0 spiro atoms. The minimum Gasteiger partial charge on any atom is -0.326 e. The molecule has 4 rings (SSSR count). The highest BCUT2D eigenvalue weighted by Crippen LogP contribution is 2.31. The number of anilines is 2. The summed E-state index contributed by atoms with van der Waals surface area (Å²) in [7, 11) is 0. The van der Waals surface area contributed by atoms with Gasteiger partial charge < -0.3 is 10.6 Å². The summed E-state index contributed by atoms with van der Waals surface area (Å²) in [6.07, 6.45) is -0.0551. The summed E-state index contributed by atoms with van der Waals surface area (Å²) in [5.74, 6) is -0.723. The van der Waals surface area contributed by atoms with Gasteiger partial charge in [0.15, 0.2) is 0 Å². The average Bonchev–Trinajstić information content (AvgIpc) is 3.37. The Morgan fingerprint density at radius 3 is 2.46 bits per heavy atom. The van der Waals surface area contributed by atoms with Crippen molar-refractivity contribution < 1.29 is 14.5 Å². The number of nitro benzene ring substituents is 1. The van der Waals surface area contributed by atoms with Crippen molar-refractivity contribution in [3.05, 3.63) is 92.0 Å². The van der Waals surface area contributed by atoms with Gasteiger partial charge in [-0.3, -0.25) is 19.7 Å². The molecule has 0 radical (unpaired) electrons. The number of hydrogen-bond donors (Lipinski definition) is 2. The maximum Gasteiger partial charge on any atom is 0.269 e. The first-order valence-corrected chi connectivity index (χ1v) is 14.0. The van der Waals surface area contributed by atoms with E-state index < -0.39 is 4.92 Å². The molecule has 0 saturated heterocycles. The fraction of sp³-hybridized carbons (Fsp3) is 0.222. The summed E-state index contributed by atoms with van der Waals surface area (Å²) in [5.41, 5.74) is 2.76. The molecule has 0 bridgehead atoms. The molecule has 41 heavy (non-hydrogen) atoms. The number of tetrazole rings is 1. The van der Waals surface area contributed by atoms with E-state index in [1.807, 2.05) is 18.2 Å². The Balaban J connectivity index is 1.34. The fourth-order valence-corrected chi connectivity index (χ4v) is 4.92. The molecule has 2 amide bonds. The third kappa shape index (κ3) is 7.81. The first-order valence-electron chi connectivity index (χ1n) is 12.2. The first kappa shape index (κ1) is 30.0. The number of carbonyl (C=O) groups excluding carboxylic acids is 2. The average molecular weight is 615 g/mol. The lowest BCUT2D eigenvalue weighted by Crippen LogP contribution is -2.16. The van der Waals surface area contributed by atoms with E-state index in [1.54, 1.807) is 18.2 Å². The summed E-state index contributed by atoms with van der Waals surface area (Å²) in [6.45, 7) is 6.27. The topological polar surface area (TPSA) is 145 Å². The molecule has 0 saturated carbocycles. The summed E-state index contributed by atoms with van der Waals surface area (Å²) >= 11 is 14.0. The van der Waals surface area contributed by atoms with Gasteiger partial charge in [0.1, 0.15) is 0 Å². The second kappa shape index (κ2) is 12.7. The van der Waals surface area contributed by atoms with Crippen LogP contribution in [0.15, 0.2) is 65.8 Å². The Labute approximate surface area is 249 Å². The molecule has 212 valence electrons. The largest absolute Gasteiger partial charge is 0.326 e. The Bertz CT molecular complexity index is 1620. The van der Waals surface area contributed by atoms with Crippen molar-refractivity contribution in [2.75, 3.05) is 16.4 Å². The molecule has 3 aromatic carbocycles. The standard InChI is InChI=1S/C27H25Cl2N7O4S/c1-27(2,3)17-7-10-23(21(29)13-17)35-26(32-33-34-35)41-15-25(38)31-22-9-8-18(14-20(22)28)30-24(37)12-16-5-4-6-19(11-16)36(39)40/h4-11,13-14H,12,15H2,1-3H3,(H,30,37)(H,31,38). The molecule has 14 heteroatoms. The summed E-state index contributed by atoms with van der Waals surface area (Å²) in [5, 5.41) is 29.2. The monoisotopic (exact) mass is 613 g/mol. The molecular weight excluding hydrogens is 589 g/mol. The number of benzene rings is 3. The Morgan fingerprint density at radius 2 is 1.78 bits per heavy atom. The van der Waals surface area contributed by atoms with Gasteiger partial charge in [-0.05, 0) is 57.3 Å². The predicted octanol–water partition coefficient (Wildman–Crippen LogP) is 6.09. The lowest BCUT2D eigenvalue weighted by Gasteiger charge is -2.20. The Kier molecular flexibility index (Phi) is 9.26. The van der Waals surface area contributed by atoms with Gasteiger partial charge in [-0.1, -0.05) is 73.9 Å². The van der Waals surface area contributed by atoms with E-state index in [-0.39, 0.29) is 40.1 Å². The zero-order chi connectivity index (χ0) is 29.7. The number of nitrogens with one attached hydrogen (secondary N) is 2. The van der Waals surface area contributed by atoms with Gasteiger partial charge in [0.2, 0.25) is 17.0 Å². The third-order valence-electron chi connectivity index (χ3n) is 5.83. The van der Waals surface area contributed by atoms with Crippen molar-refractivity contribution in [3.8, 4) is 5.69 Å². The van der Waals surface area contributed by atoms with Crippen LogP contribution in [0.4, 0.5) is 17.1 Å². The molecule has 1 heterocycles. The molecule has 0 fully saturated rings. The lowest BCUT2D eigenvalue weighted by molar-refractivity contribution is -0.384. The van der Waals surface area contributed by atoms with Crippen LogP contribution in [-0.4, -0.2) is 42.7 Å². The van der Waals surface area contributed by atoms with Gasteiger partial charge in [0.05, 0.1) is 38.5 Å². The molecule has 0 unspecified atom stereocenters. The van der Waals surface area contributed by atoms with Crippen LogP contribution in [0.25, 0.3) is 5.69 Å². The zero-order valence-electron chi connectivity index (χ0n) is 22.2. The molecule has 1 aromatic heterocycles. The van der Waals surface area contributed by atoms with Gasteiger partial charge in [0, 0.05) is 17.8 Å². The number of hydrogen-bond acceptors (Lipinski definition) is 8. The first-order chi connectivity index (χ1) is 19.4. The highest BCUT2D eigenvalue weighted by molar-refractivity contribution is 7.99. The maximum absolute atomic E-state index is 12.7. The number of thioether (sulfide) groups is 1. The van der Waals surface area contributed by atoms with Gasteiger partial charge in [-0.15, -0.1) is 5.10 Å². The summed E-state index contributed by atoms with van der Waals surface area (Å²) in [6, 6.07) is 16.2. The normalized spacial score (nSPS) is 11.2. The van der Waals surface area contributed by atoms with Crippen LogP contribution >= 0.6 is 35.0 Å². The van der Waals surface area contributed by atoms with Crippen molar-refractivity contribution in [3.63, 3.8) is 0 Å². The van der Waals surface area contributed by atoms with Gasteiger partial charge >= 0.3 is 0 Å². The van der Waals surface area contributed by atoms with E-state index >= 15 is 0 Å². The third-order valence-corrected chi connectivity index (χ3v) is 7.36. The summed E-state index contributed by atoms with van der Waals surface area (Å²) < 4.78 is 1.48. The Morgan fingerprint density at radius 1 is 1.00 bits per heavy atom. The number of rotatable bonds is 9. The van der Waals surface area contributed by atoms with E-state index in [0.29, 0.717) is 32.8 Å². The molecule has 11 nitrogen and oxygen atoms in total. The number of nitrogens with zero attached hydrogens (tertiary/aromatic N) is 5. The SMILES string of the molecule is CC(C)(C)c1ccc(-n2nnnc2SCC(=O)Nc2ccc(NC(=O)Cc3cccc([N+](=O)[O-])c3)cc2Cl)c(Cl)c1. The van der Waals surface area contributed by atoms with E-state index in [1.165, 1.54) is 28.9 Å². The molecule has 0 aliphatic rings. The molecular formula is C27H25Cl2N7O4S. The van der Waals surface area contributed by atoms with Crippen molar-refractivity contribution in [2.24, 2.45) is 0 Å². The number of carbonyl (C=O) groups is 2. The molecule has 0 aliphatic heterocycles. The van der Waals surface area contributed by atoms with Crippen LogP contribution < -0.4 is 10.6 Å². The Hall–Kier alpha value is -4.00. The molecule has 2 N–H and O–H groups in total. The lowest BCUT2D eigenvalue weighted by atomic mass is 9.87. The second-order valence-electron chi connectivity index (χ2n) is 9.97. The van der Waals surface area contributed by atoms with Gasteiger partial charge in [0.25, 0.3) is 5.69 Å². The van der Waals surface area contributed by atoms with Gasteiger partial charge in [-0.2, -0.15) is 4.68 Å². The van der Waals surface area contributed by atoms with Crippen molar-refractivity contribution in [1.29, 1.82) is 0 Å². The van der Waals surface area contributed by atoms with Crippen LogP contribution in [0.2, 0.25) is 10.0 Å². The highest BCUT2D eigenvalue weighted by Gasteiger charge is 2.19. The van der Waals surface area contributed by atoms with E-state index in [4.69, 9.17) is 23.2 Å². The predicted molar refractivity (Wildman–Crippen MR) is 159 cm³/mol. The zero-order valence-corrected chi connectivity index (χ0v) is 24.5. The van der Waals surface area contributed by atoms with Crippen LogP contribution in [0.5, 0.6) is 0 Å². The van der Waals surface area contributed by atoms with Gasteiger partial charge in [-0.25, -0.2) is 0 Å². The van der Waals surface area contributed by atoms with Crippen LogP contribution in [0, 0.1) is 10.1 Å². The second-order valence-corrected chi connectivity index (χ2v) is 11.7. The van der Waals surface area contributed by atoms with Crippen molar-refractivity contribution in [1.82, 2.24) is 20.2 Å². The molecule has 0 atom stereocenters. The van der Waals surface area contributed by atoms with Crippen LogP contribution in [0.3, 0.4) is 0 Å². The van der Waals surface area contributed by atoms with E-state index in [2.05, 4.69) is 46.9 Å². The molecule has 4 aromatic rings. The number of halogens is 2. The molecule has 0 aliphatic carbocycles. The minimum absolute atomic E-state index is 0.00387. The number of nitro groups is 1. The number of non-ortho nitro benzene ring substituents is 1. The van der Waals surface area contributed by atoms with Crippen LogP contribution in [0.1, 0.15) is 31.9 Å². The highest BCUT2D eigenvalue weighted by atomic mass is 35.5. The number of amides is 2. The smallest absolute Gasteiger partial charge is 0.269 e. The van der Waals surface area contributed by atoms with E-state index in [9.17, 15) is 19.7 Å². The summed E-state index contributed by atoms with van der Waals surface area (Å²) in [4.78, 5) is 35.5. The maximum atomic E-state index is 12.7.